The molecule has 1 aromatic heterocycles. The van der Waals surface area contributed by atoms with Gasteiger partial charge in [-0.3, -0.25) is 9.59 Å². The van der Waals surface area contributed by atoms with Gasteiger partial charge in [-0.25, -0.2) is 0 Å². The number of ether oxygens (including phenoxy) is 2. The van der Waals surface area contributed by atoms with Crippen LogP contribution in [0.2, 0.25) is 0 Å². The molecule has 2 aliphatic heterocycles. The number of aliphatic hydroxyl groups is 1. The van der Waals surface area contributed by atoms with Crippen LogP contribution in [0.1, 0.15) is 50.5 Å². The van der Waals surface area contributed by atoms with Crippen molar-refractivity contribution in [3.63, 3.8) is 0 Å². The van der Waals surface area contributed by atoms with E-state index in [-0.39, 0.29) is 29.6 Å². The van der Waals surface area contributed by atoms with Crippen LogP contribution in [0, 0.1) is 5.92 Å². The first kappa shape index (κ1) is 22.6. The summed E-state index contributed by atoms with van der Waals surface area (Å²) in [5.74, 6) is -0.589. The van der Waals surface area contributed by atoms with E-state index in [2.05, 4.69) is 0 Å². The van der Waals surface area contributed by atoms with Gasteiger partial charge in [0.15, 0.2) is 11.2 Å². The number of carbonyl (C=O) groups excluding carboxylic acids is 1. The van der Waals surface area contributed by atoms with Crippen LogP contribution in [0.25, 0.3) is 11.0 Å². The number of fused-ring (bicyclic) bond motifs is 1. The van der Waals surface area contributed by atoms with Crippen molar-refractivity contribution in [1.29, 1.82) is 0 Å². The Bertz CT molecular complexity index is 1020. The molecule has 1 N–H and O–H groups in total. The van der Waals surface area contributed by atoms with Crippen molar-refractivity contribution in [1.82, 2.24) is 4.90 Å². The van der Waals surface area contributed by atoms with Crippen molar-refractivity contribution >= 4 is 16.9 Å². The molecule has 172 valence electrons. The van der Waals surface area contributed by atoms with Crippen molar-refractivity contribution in [3.05, 3.63) is 58.2 Å². The number of hydrogen-bond acceptors (Lipinski definition) is 6. The van der Waals surface area contributed by atoms with Crippen LogP contribution in [-0.2, 0) is 14.3 Å². The maximum Gasteiger partial charge on any atom is 0.288 e. The number of aliphatic hydroxyl groups excluding tert-OH is 1. The molecular formula is C25H31NO6. The van der Waals surface area contributed by atoms with Crippen LogP contribution in [0.3, 0.4) is 0 Å². The molecule has 0 saturated carbocycles. The van der Waals surface area contributed by atoms with Gasteiger partial charge in [0.2, 0.25) is 6.29 Å². The second-order valence-electron chi connectivity index (χ2n) is 8.40. The van der Waals surface area contributed by atoms with Gasteiger partial charge in [0.1, 0.15) is 5.58 Å². The van der Waals surface area contributed by atoms with E-state index in [0.29, 0.717) is 49.1 Å². The molecule has 7 heteroatoms. The molecule has 0 unspecified atom stereocenters. The number of rotatable bonds is 7. The molecule has 3 atom stereocenters. The highest BCUT2D eigenvalue weighted by Gasteiger charge is 2.40. The molecule has 32 heavy (non-hydrogen) atoms. The Kier molecular flexibility index (Phi) is 7.27. The lowest BCUT2D eigenvalue weighted by molar-refractivity contribution is -0.170. The van der Waals surface area contributed by atoms with Crippen LogP contribution in [0.15, 0.2) is 51.6 Å². The lowest BCUT2D eigenvalue weighted by atomic mass is 9.80. The molecule has 7 nitrogen and oxygen atoms in total. The molecule has 0 aliphatic carbocycles. The Labute approximate surface area is 187 Å². The molecule has 2 aromatic rings. The highest BCUT2D eigenvalue weighted by Crippen LogP contribution is 2.39. The predicted octanol–water partition coefficient (Wildman–Crippen LogP) is 3.55. The fourth-order valence-corrected chi connectivity index (χ4v) is 4.69. The summed E-state index contributed by atoms with van der Waals surface area (Å²) < 4.78 is 17.7. The van der Waals surface area contributed by atoms with E-state index < -0.39 is 12.2 Å². The Hall–Kier alpha value is -2.64. The molecule has 1 saturated heterocycles. The van der Waals surface area contributed by atoms with Gasteiger partial charge in [-0.1, -0.05) is 12.1 Å². The first-order valence-corrected chi connectivity index (χ1v) is 11.5. The van der Waals surface area contributed by atoms with E-state index in [0.717, 1.165) is 19.3 Å². The summed E-state index contributed by atoms with van der Waals surface area (Å²) in [6, 6.07) is 7.14. The Morgan fingerprint density at radius 3 is 2.75 bits per heavy atom. The Morgan fingerprint density at radius 2 is 2.00 bits per heavy atom. The summed E-state index contributed by atoms with van der Waals surface area (Å²) in [7, 11) is 0. The largest absolute Gasteiger partial charge is 0.464 e. The van der Waals surface area contributed by atoms with Gasteiger partial charge in [-0.15, -0.1) is 0 Å². The summed E-state index contributed by atoms with van der Waals surface area (Å²) in [5.41, 5.74) is 0.878. The van der Waals surface area contributed by atoms with E-state index in [1.165, 1.54) is 6.26 Å². The van der Waals surface area contributed by atoms with Gasteiger partial charge >= 0.3 is 0 Å². The standard InChI is InChI=1S/C25H31NO6/c1-2-30-25-17(10-8-14-27)19(15-22(32-25)24(29)26-12-6-3-7-13-26)20-16-31-21-11-5-4-9-18(21)23(20)28/h4-5,9,11,15-17,19,25,27H,2-3,6-8,10,12-14H2,1H3/t17-,19-,25+/m0/s1. The topological polar surface area (TPSA) is 89.2 Å². The van der Waals surface area contributed by atoms with E-state index in [4.69, 9.17) is 13.9 Å². The lowest BCUT2D eigenvalue weighted by Gasteiger charge is -2.38. The Balaban J connectivity index is 1.77. The van der Waals surface area contributed by atoms with Crippen molar-refractivity contribution < 1.29 is 23.8 Å². The average Bonchev–Trinajstić information content (AvgIpc) is 2.83. The zero-order chi connectivity index (χ0) is 22.5. The predicted molar refractivity (Wildman–Crippen MR) is 120 cm³/mol. The minimum absolute atomic E-state index is 0.0255. The molecule has 2 aliphatic rings. The molecule has 1 fully saturated rings. The maximum atomic E-state index is 13.4. The number of carbonyl (C=O) groups is 1. The Morgan fingerprint density at radius 1 is 1.22 bits per heavy atom. The molecule has 0 radical (unpaired) electrons. The molecule has 0 bridgehead atoms. The maximum absolute atomic E-state index is 13.4. The third-order valence-corrected chi connectivity index (χ3v) is 6.33. The van der Waals surface area contributed by atoms with Crippen LogP contribution >= 0.6 is 0 Å². The number of hydrogen-bond donors (Lipinski definition) is 1. The van der Waals surface area contributed by atoms with Crippen molar-refractivity contribution in [2.24, 2.45) is 5.92 Å². The number of nitrogens with zero attached hydrogens (tertiary/aromatic N) is 1. The van der Waals surface area contributed by atoms with E-state index >= 15 is 0 Å². The zero-order valence-electron chi connectivity index (χ0n) is 18.5. The first-order valence-electron chi connectivity index (χ1n) is 11.5. The summed E-state index contributed by atoms with van der Waals surface area (Å²) in [5, 5.41) is 9.94. The SMILES string of the molecule is CCO[C@@H]1OC(C(=O)N2CCCCC2)=C[C@H](c2coc3ccccc3c2=O)[C@@H]1CCCO. The number of allylic oxidation sites excluding steroid dienone is 1. The average molecular weight is 442 g/mol. The van der Waals surface area contributed by atoms with Crippen LogP contribution < -0.4 is 5.43 Å². The first-order chi connectivity index (χ1) is 15.6. The fourth-order valence-electron chi connectivity index (χ4n) is 4.69. The second-order valence-corrected chi connectivity index (χ2v) is 8.40. The minimum atomic E-state index is -0.684. The van der Waals surface area contributed by atoms with E-state index in [9.17, 15) is 14.7 Å². The van der Waals surface area contributed by atoms with E-state index in [1.807, 2.05) is 17.9 Å². The number of para-hydroxylation sites is 1. The summed E-state index contributed by atoms with van der Waals surface area (Å²) in [6.45, 7) is 3.71. The highest BCUT2D eigenvalue weighted by molar-refractivity contribution is 5.92. The van der Waals surface area contributed by atoms with Crippen molar-refractivity contribution in [2.45, 2.75) is 51.2 Å². The van der Waals surface area contributed by atoms with Crippen molar-refractivity contribution in [2.75, 3.05) is 26.3 Å². The summed E-state index contributed by atoms with van der Waals surface area (Å²) >= 11 is 0. The molecule has 1 aromatic carbocycles. The monoisotopic (exact) mass is 441 g/mol. The van der Waals surface area contributed by atoms with Crippen LogP contribution in [-0.4, -0.2) is 48.5 Å². The number of likely N-dealkylation sites (tertiary alicyclic amines) is 1. The van der Waals surface area contributed by atoms with Crippen LogP contribution in [0.5, 0.6) is 0 Å². The lowest BCUT2D eigenvalue weighted by Crippen LogP contribution is -2.42. The number of piperidine rings is 1. The normalized spacial score (nSPS) is 23.6. The van der Waals surface area contributed by atoms with Crippen LogP contribution in [0.4, 0.5) is 0 Å². The third kappa shape index (κ3) is 4.59. The molecular weight excluding hydrogens is 410 g/mol. The van der Waals surface area contributed by atoms with Gasteiger partial charge < -0.3 is 23.9 Å². The van der Waals surface area contributed by atoms with Gasteiger partial charge in [0, 0.05) is 43.7 Å². The smallest absolute Gasteiger partial charge is 0.288 e. The van der Waals surface area contributed by atoms with E-state index in [1.54, 1.807) is 24.3 Å². The van der Waals surface area contributed by atoms with Crippen molar-refractivity contribution in [3.8, 4) is 0 Å². The number of amides is 1. The van der Waals surface area contributed by atoms with Gasteiger partial charge in [0.05, 0.1) is 11.6 Å². The minimum Gasteiger partial charge on any atom is -0.464 e. The number of benzene rings is 1. The van der Waals surface area contributed by atoms with Gasteiger partial charge in [0.25, 0.3) is 5.91 Å². The molecule has 1 amide bonds. The quantitative estimate of drug-likeness (QED) is 0.707. The zero-order valence-corrected chi connectivity index (χ0v) is 18.5. The highest BCUT2D eigenvalue weighted by atomic mass is 16.7. The third-order valence-electron chi connectivity index (χ3n) is 6.33. The summed E-state index contributed by atoms with van der Waals surface area (Å²) in [6.07, 6.45) is 6.77. The fraction of sp³-hybridized carbons (Fsp3) is 0.520. The molecule has 0 spiro atoms. The second kappa shape index (κ2) is 10.3. The summed E-state index contributed by atoms with van der Waals surface area (Å²) in [4.78, 5) is 28.4. The van der Waals surface area contributed by atoms with Gasteiger partial charge in [-0.05, 0) is 57.2 Å². The van der Waals surface area contributed by atoms with Gasteiger partial charge in [-0.2, -0.15) is 0 Å². The molecule has 3 heterocycles. The molecule has 4 rings (SSSR count).